The third kappa shape index (κ3) is 7.45. The highest BCUT2D eigenvalue weighted by Crippen LogP contribution is 2.22. The zero-order chi connectivity index (χ0) is 19.9. The molecular formula is C17H26N5O4S+. The van der Waals surface area contributed by atoms with Crippen LogP contribution in [0.25, 0.3) is 10.8 Å². The number of quaternary nitrogens is 1. The Labute approximate surface area is 162 Å². The van der Waals surface area contributed by atoms with E-state index in [1.165, 1.54) is 11.3 Å². The normalized spacial score (nSPS) is 12.6. The molecule has 3 amide bonds. The van der Waals surface area contributed by atoms with Crippen LogP contribution < -0.4 is 15.5 Å². The molecule has 9 nitrogen and oxygen atoms in total. The van der Waals surface area contributed by atoms with Crippen molar-refractivity contribution in [2.24, 2.45) is 0 Å². The predicted molar refractivity (Wildman–Crippen MR) is 100 cm³/mol. The number of imide groups is 1. The quantitative estimate of drug-likeness (QED) is 0.598. The molecule has 2 rings (SSSR count). The minimum Gasteiger partial charge on any atom is -0.414 e. The second kappa shape index (κ2) is 9.58. The van der Waals surface area contributed by atoms with E-state index in [0.29, 0.717) is 31.5 Å². The van der Waals surface area contributed by atoms with E-state index in [1.807, 2.05) is 38.3 Å². The summed E-state index contributed by atoms with van der Waals surface area (Å²) in [7, 11) is 1.59. The number of carbonyl (C=O) groups is 2. The first-order chi connectivity index (χ1) is 12.8. The van der Waals surface area contributed by atoms with Crippen LogP contribution in [0.4, 0.5) is 4.79 Å². The third-order valence-corrected chi connectivity index (χ3v) is 4.27. The van der Waals surface area contributed by atoms with Gasteiger partial charge in [-0.15, -0.1) is 21.5 Å². The highest BCUT2D eigenvalue weighted by molar-refractivity contribution is 7.13. The number of amides is 3. The van der Waals surface area contributed by atoms with Crippen molar-refractivity contribution in [3.63, 3.8) is 0 Å². The average Bonchev–Trinajstić information content (AvgIpc) is 3.21. The number of hydrogen-bond acceptors (Lipinski definition) is 7. The zero-order valence-electron chi connectivity index (χ0n) is 16.0. The Balaban J connectivity index is 1.94. The molecule has 0 saturated carbocycles. The van der Waals surface area contributed by atoms with Gasteiger partial charge < -0.3 is 19.4 Å². The van der Waals surface area contributed by atoms with Crippen LogP contribution in [0.2, 0.25) is 0 Å². The van der Waals surface area contributed by atoms with Gasteiger partial charge in [0.05, 0.1) is 11.5 Å². The molecule has 27 heavy (non-hydrogen) atoms. The minimum absolute atomic E-state index is 0.0810. The summed E-state index contributed by atoms with van der Waals surface area (Å²) in [6.07, 6.45) is 0. The maximum Gasteiger partial charge on any atom is 0.322 e. The standard InChI is InChI=1S/C17H25N5O4S/c1-17(2,3)19-16(24)18-13(23)10-22(7-8-25-4)11-14-20-21-15(26-14)12-6-5-9-27-12/h5-6,9H,7-8,10-11H2,1-4H3,(H2,18,19,23,24)/p+1. The molecular weight excluding hydrogens is 370 g/mol. The fourth-order valence-electron chi connectivity index (χ4n) is 2.29. The van der Waals surface area contributed by atoms with E-state index >= 15 is 0 Å². The molecule has 2 heterocycles. The Kier molecular flexibility index (Phi) is 7.45. The van der Waals surface area contributed by atoms with Crippen LogP contribution in [0.1, 0.15) is 26.7 Å². The van der Waals surface area contributed by atoms with Gasteiger partial charge in [0.25, 0.3) is 17.7 Å². The summed E-state index contributed by atoms with van der Waals surface area (Å²) in [4.78, 5) is 25.8. The number of nitrogens with zero attached hydrogens (tertiary/aromatic N) is 2. The maximum atomic E-state index is 12.2. The van der Waals surface area contributed by atoms with Gasteiger partial charge in [0.1, 0.15) is 6.54 Å². The van der Waals surface area contributed by atoms with E-state index in [4.69, 9.17) is 9.15 Å². The second-order valence-electron chi connectivity index (χ2n) is 7.08. The second-order valence-corrected chi connectivity index (χ2v) is 8.02. The molecule has 0 saturated heterocycles. The topological polar surface area (TPSA) is 111 Å². The van der Waals surface area contributed by atoms with Crippen molar-refractivity contribution in [3.05, 3.63) is 23.4 Å². The number of methoxy groups -OCH3 is 1. The Morgan fingerprint density at radius 2 is 2.11 bits per heavy atom. The lowest BCUT2D eigenvalue weighted by atomic mass is 10.1. The molecule has 2 aromatic heterocycles. The van der Waals surface area contributed by atoms with Gasteiger partial charge in [-0.2, -0.15) is 0 Å². The van der Waals surface area contributed by atoms with Crippen LogP contribution >= 0.6 is 11.3 Å². The summed E-state index contributed by atoms with van der Waals surface area (Å²) in [6.45, 7) is 6.98. The van der Waals surface area contributed by atoms with Crippen LogP contribution in [-0.4, -0.2) is 54.5 Å². The van der Waals surface area contributed by atoms with Crippen molar-refractivity contribution in [1.82, 2.24) is 20.8 Å². The maximum absolute atomic E-state index is 12.2. The molecule has 0 bridgehead atoms. The van der Waals surface area contributed by atoms with E-state index in [-0.39, 0.29) is 12.5 Å². The molecule has 0 radical (unpaired) electrons. The van der Waals surface area contributed by atoms with Crippen LogP contribution in [0.5, 0.6) is 0 Å². The van der Waals surface area contributed by atoms with Gasteiger partial charge in [-0.05, 0) is 32.2 Å². The van der Waals surface area contributed by atoms with Crippen molar-refractivity contribution >= 4 is 23.3 Å². The number of hydrogen-bond donors (Lipinski definition) is 3. The van der Waals surface area contributed by atoms with Gasteiger partial charge in [0.2, 0.25) is 0 Å². The number of thiophene rings is 1. The molecule has 0 aliphatic carbocycles. The van der Waals surface area contributed by atoms with Gasteiger partial charge in [0.15, 0.2) is 13.1 Å². The summed E-state index contributed by atoms with van der Waals surface area (Å²) in [5, 5.41) is 15.1. The lowest BCUT2D eigenvalue weighted by molar-refractivity contribution is -0.907. The van der Waals surface area contributed by atoms with Gasteiger partial charge in [-0.25, -0.2) is 4.79 Å². The van der Waals surface area contributed by atoms with Crippen molar-refractivity contribution in [1.29, 1.82) is 0 Å². The van der Waals surface area contributed by atoms with E-state index in [1.54, 1.807) is 7.11 Å². The van der Waals surface area contributed by atoms with Crippen molar-refractivity contribution in [2.75, 3.05) is 26.8 Å². The summed E-state index contributed by atoms with van der Waals surface area (Å²) in [5.41, 5.74) is -0.422. The van der Waals surface area contributed by atoms with Gasteiger partial charge in [-0.1, -0.05) is 6.07 Å². The molecule has 1 atom stereocenters. The number of rotatable bonds is 8. The van der Waals surface area contributed by atoms with E-state index in [9.17, 15) is 9.59 Å². The number of ether oxygens (including phenoxy) is 1. The average molecular weight is 396 g/mol. The molecule has 0 aromatic carbocycles. The highest BCUT2D eigenvalue weighted by Gasteiger charge is 2.22. The van der Waals surface area contributed by atoms with Crippen molar-refractivity contribution in [2.45, 2.75) is 32.9 Å². The smallest absolute Gasteiger partial charge is 0.322 e. The Morgan fingerprint density at radius 1 is 1.33 bits per heavy atom. The van der Waals surface area contributed by atoms with Crippen molar-refractivity contribution in [3.8, 4) is 10.8 Å². The molecule has 0 aliphatic rings. The number of urea groups is 1. The lowest BCUT2D eigenvalue weighted by Gasteiger charge is -2.21. The molecule has 148 valence electrons. The van der Waals surface area contributed by atoms with Crippen LogP contribution in [-0.2, 0) is 16.1 Å². The van der Waals surface area contributed by atoms with Gasteiger partial charge >= 0.3 is 6.03 Å². The van der Waals surface area contributed by atoms with Crippen LogP contribution in [0.15, 0.2) is 21.9 Å². The first-order valence-corrected chi connectivity index (χ1v) is 9.45. The Hall–Kier alpha value is -2.30. The molecule has 0 spiro atoms. The monoisotopic (exact) mass is 396 g/mol. The van der Waals surface area contributed by atoms with Crippen molar-refractivity contribution < 1.29 is 23.6 Å². The number of aromatic nitrogens is 2. The summed E-state index contributed by atoms with van der Waals surface area (Å²) < 4.78 is 10.8. The summed E-state index contributed by atoms with van der Waals surface area (Å²) >= 11 is 1.51. The number of nitrogens with one attached hydrogen (secondary N) is 3. The fourth-order valence-corrected chi connectivity index (χ4v) is 2.94. The third-order valence-electron chi connectivity index (χ3n) is 3.41. The predicted octanol–water partition coefficient (Wildman–Crippen LogP) is 0.454. The Bertz CT molecular complexity index is 739. The first kappa shape index (κ1) is 21.0. The molecule has 0 aliphatic heterocycles. The lowest BCUT2D eigenvalue weighted by Crippen LogP contribution is -3.12. The first-order valence-electron chi connectivity index (χ1n) is 8.57. The summed E-state index contributed by atoms with van der Waals surface area (Å²) in [5.74, 6) is 0.498. The van der Waals surface area contributed by atoms with E-state index in [2.05, 4.69) is 20.8 Å². The van der Waals surface area contributed by atoms with Crippen LogP contribution in [0.3, 0.4) is 0 Å². The summed E-state index contributed by atoms with van der Waals surface area (Å²) in [6, 6.07) is 3.29. The fraction of sp³-hybridized carbons (Fsp3) is 0.529. The largest absolute Gasteiger partial charge is 0.414 e. The number of carbonyl (C=O) groups excluding carboxylic acids is 2. The molecule has 0 fully saturated rings. The Morgan fingerprint density at radius 3 is 2.74 bits per heavy atom. The van der Waals surface area contributed by atoms with Crippen LogP contribution in [0, 0.1) is 0 Å². The molecule has 10 heteroatoms. The van der Waals surface area contributed by atoms with Gasteiger partial charge in [-0.3, -0.25) is 10.1 Å². The molecule has 3 N–H and O–H groups in total. The highest BCUT2D eigenvalue weighted by atomic mass is 32.1. The zero-order valence-corrected chi connectivity index (χ0v) is 16.8. The SMILES string of the molecule is COCC[NH+](CC(=O)NC(=O)NC(C)(C)C)Cc1nnc(-c2cccs2)o1. The van der Waals surface area contributed by atoms with Gasteiger partial charge in [0, 0.05) is 12.6 Å². The minimum atomic E-state index is -0.517. The van der Waals surface area contributed by atoms with E-state index in [0.717, 1.165) is 9.78 Å². The molecule has 1 unspecified atom stereocenters. The van der Waals surface area contributed by atoms with E-state index < -0.39 is 11.6 Å². The molecule has 2 aromatic rings.